The maximum Gasteiger partial charge on any atom is 0.290 e. The highest BCUT2D eigenvalue weighted by molar-refractivity contribution is 5.96. The van der Waals surface area contributed by atoms with Gasteiger partial charge in [0, 0.05) is 19.1 Å². The average Bonchev–Trinajstić information content (AvgIpc) is 3.03. The lowest BCUT2D eigenvalue weighted by molar-refractivity contribution is -0.122. The van der Waals surface area contributed by atoms with Crippen molar-refractivity contribution in [2.75, 3.05) is 27.2 Å². The highest BCUT2D eigenvalue weighted by Crippen LogP contribution is 2.38. The maximum atomic E-state index is 12.8. The van der Waals surface area contributed by atoms with E-state index in [-0.39, 0.29) is 24.5 Å². The number of likely N-dealkylation sites (tertiary alicyclic amines) is 1. The monoisotopic (exact) mass is 359 g/mol. The van der Waals surface area contributed by atoms with Gasteiger partial charge in [0.2, 0.25) is 0 Å². The molecule has 0 aromatic heterocycles. The van der Waals surface area contributed by atoms with E-state index in [2.05, 4.69) is 11.0 Å². The molecule has 0 unspecified atom stereocenters. The molecule has 2 aliphatic rings. The molecule has 3 rings (SSSR count). The van der Waals surface area contributed by atoms with Crippen LogP contribution in [0.15, 0.2) is 24.3 Å². The van der Waals surface area contributed by atoms with Crippen molar-refractivity contribution in [3.8, 4) is 6.07 Å². The summed E-state index contributed by atoms with van der Waals surface area (Å²) in [6.45, 7) is 1.15. The van der Waals surface area contributed by atoms with E-state index < -0.39 is 0 Å². The third-order valence-electron chi connectivity index (χ3n) is 5.34. The lowest BCUT2D eigenvalue weighted by atomic mass is 9.77. The number of carboxylic acid groups (broad SMARTS) is 1. The molecule has 140 valence electrons. The van der Waals surface area contributed by atoms with Crippen molar-refractivity contribution in [2.24, 2.45) is 11.8 Å². The van der Waals surface area contributed by atoms with E-state index in [0.717, 1.165) is 19.4 Å². The normalized spacial score (nSPS) is 27.1. The summed E-state index contributed by atoms with van der Waals surface area (Å²) >= 11 is 0. The van der Waals surface area contributed by atoms with Crippen LogP contribution in [0.25, 0.3) is 0 Å². The van der Waals surface area contributed by atoms with Gasteiger partial charge in [0.1, 0.15) is 0 Å². The Morgan fingerprint density at radius 1 is 1.27 bits per heavy atom. The van der Waals surface area contributed by atoms with Gasteiger partial charge < -0.3 is 20.0 Å². The van der Waals surface area contributed by atoms with Gasteiger partial charge in [-0.3, -0.25) is 9.59 Å². The van der Waals surface area contributed by atoms with Crippen LogP contribution in [0, 0.1) is 23.2 Å². The zero-order valence-electron chi connectivity index (χ0n) is 15.1. The first-order chi connectivity index (χ1) is 12.4. The molecule has 0 radical (unpaired) electrons. The molecule has 0 bridgehead atoms. The number of fused-ring (bicyclic) bond motifs is 1. The zero-order valence-corrected chi connectivity index (χ0v) is 15.1. The van der Waals surface area contributed by atoms with Gasteiger partial charge in [-0.1, -0.05) is 12.1 Å². The molecule has 1 saturated carbocycles. The summed E-state index contributed by atoms with van der Waals surface area (Å²) in [6, 6.07) is 9.24. The first kappa shape index (κ1) is 19.9. The lowest BCUT2D eigenvalue weighted by Crippen LogP contribution is -2.46. The predicted molar refractivity (Wildman–Crippen MR) is 95.4 cm³/mol. The summed E-state index contributed by atoms with van der Waals surface area (Å²) in [6.07, 6.45) is 1.34. The Hall–Kier alpha value is -2.43. The topological polar surface area (TPSA) is 105 Å². The maximum absolute atomic E-state index is 12.8. The number of likely N-dealkylation sites (N-methyl/N-ethyl adjacent to an activating group) is 1. The van der Waals surface area contributed by atoms with E-state index in [0.29, 0.717) is 29.5 Å². The first-order valence-electron chi connectivity index (χ1n) is 8.63. The van der Waals surface area contributed by atoms with E-state index in [1.807, 2.05) is 19.0 Å². The van der Waals surface area contributed by atoms with E-state index >= 15 is 0 Å². The van der Waals surface area contributed by atoms with Crippen molar-refractivity contribution in [1.29, 1.82) is 5.26 Å². The summed E-state index contributed by atoms with van der Waals surface area (Å²) in [4.78, 5) is 25.1. The Morgan fingerprint density at radius 2 is 1.85 bits per heavy atom. The number of aliphatic hydroxyl groups is 1. The number of amides is 1. The number of carbonyl (C=O) groups is 2. The molecular weight excluding hydrogens is 334 g/mol. The van der Waals surface area contributed by atoms with Gasteiger partial charge in [-0.15, -0.1) is 0 Å². The van der Waals surface area contributed by atoms with Crippen LogP contribution >= 0.6 is 0 Å². The molecule has 26 heavy (non-hydrogen) atoms. The van der Waals surface area contributed by atoms with Crippen LogP contribution < -0.4 is 0 Å². The number of benzene rings is 1. The second-order valence-electron chi connectivity index (χ2n) is 7.06. The first-order valence-corrected chi connectivity index (χ1v) is 8.63. The fourth-order valence-corrected chi connectivity index (χ4v) is 4.07. The number of aliphatic hydroxyl groups excluding tert-OH is 1. The van der Waals surface area contributed by atoms with Crippen molar-refractivity contribution in [2.45, 2.75) is 25.0 Å². The highest BCUT2D eigenvalue weighted by Gasteiger charge is 2.43. The molecule has 1 aromatic carbocycles. The van der Waals surface area contributed by atoms with Crippen LogP contribution in [0.5, 0.6) is 0 Å². The smallest absolute Gasteiger partial charge is 0.290 e. The Kier molecular flexibility index (Phi) is 6.72. The SMILES string of the molecule is CN(C)[C@@H]1C[C@@H]2CN(C(=O)c3ccccc3C#N)C[C@@H]2C[C@H]1O.O=CO. The van der Waals surface area contributed by atoms with Gasteiger partial charge in [-0.05, 0) is 50.9 Å². The second-order valence-corrected chi connectivity index (χ2v) is 7.06. The standard InChI is InChI=1S/C18H23N3O2.CH2O2/c1-20(2)16-7-13-10-21(11-14(13)8-17(16)22)18(23)15-6-4-3-5-12(15)9-19;2-1-3/h3-6,13-14,16-17,22H,7-8,10-11H2,1-2H3;1H,(H,2,3)/t13-,14+,16-,17-;/m1./s1. The van der Waals surface area contributed by atoms with Crippen molar-refractivity contribution in [3.05, 3.63) is 35.4 Å². The molecule has 1 heterocycles. The summed E-state index contributed by atoms with van der Waals surface area (Å²) in [5.41, 5.74) is 0.914. The molecule has 1 aromatic rings. The average molecular weight is 359 g/mol. The molecule has 0 spiro atoms. The minimum absolute atomic E-state index is 0.0626. The van der Waals surface area contributed by atoms with Gasteiger partial charge in [0.05, 0.1) is 23.3 Å². The van der Waals surface area contributed by atoms with Gasteiger partial charge in [0.15, 0.2) is 0 Å². The van der Waals surface area contributed by atoms with Crippen LogP contribution in [-0.4, -0.2) is 71.7 Å². The largest absolute Gasteiger partial charge is 0.483 e. The highest BCUT2D eigenvalue weighted by atomic mass is 16.3. The van der Waals surface area contributed by atoms with E-state index in [1.54, 1.807) is 24.3 Å². The third-order valence-corrected chi connectivity index (χ3v) is 5.34. The number of hydrogen-bond donors (Lipinski definition) is 2. The molecule has 1 saturated heterocycles. The molecule has 7 heteroatoms. The number of nitrogens with zero attached hydrogens (tertiary/aromatic N) is 3. The number of carbonyl (C=O) groups excluding carboxylic acids is 1. The molecule has 7 nitrogen and oxygen atoms in total. The molecule has 2 fully saturated rings. The Labute approximate surface area is 153 Å². The molecule has 2 N–H and O–H groups in total. The Bertz CT molecular complexity index is 686. The summed E-state index contributed by atoms with van der Waals surface area (Å²) < 4.78 is 0. The number of rotatable bonds is 2. The van der Waals surface area contributed by atoms with Crippen LogP contribution in [-0.2, 0) is 4.79 Å². The van der Waals surface area contributed by atoms with Crippen molar-refractivity contribution >= 4 is 12.4 Å². The van der Waals surface area contributed by atoms with E-state index in [1.165, 1.54) is 0 Å². The van der Waals surface area contributed by atoms with Gasteiger partial charge in [-0.25, -0.2) is 0 Å². The van der Waals surface area contributed by atoms with Crippen molar-refractivity contribution in [1.82, 2.24) is 9.80 Å². The molecule has 1 aliphatic carbocycles. The minimum Gasteiger partial charge on any atom is -0.483 e. The second kappa shape index (κ2) is 8.79. The summed E-state index contributed by atoms with van der Waals surface area (Å²) in [5, 5.41) is 26.4. The quantitative estimate of drug-likeness (QED) is 0.764. The Morgan fingerprint density at radius 3 is 2.42 bits per heavy atom. The predicted octanol–water partition coefficient (Wildman–Crippen LogP) is 1.03. The van der Waals surface area contributed by atoms with Gasteiger partial charge in [-0.2, -0.15) is 5.26 Å². The molecular formula is C19H25N3O4. The lowest BCUT2D eigenvalue weighted by Gasteiger charge is -2.38. The van der Waals surface area contributed by atoms with Gasteiger partial charge in [0.25, 0.3) is 12.4 Å². The fraction of sp³-hybridized carbons (Fsp3) is 0.526. The van der Waals surface area contributed by atoms with Crippen LogP contribution in [0.1, 0.15) is 28.8 Å². The number of hydrogen-bond acceptors (Lipinski definition) is 5. The number of nitriles is 1. The van der Waals surface area contributed by atoms with Crippen LogP contribution in [0.4, 0.5) is 0 Å². The van der Waals surface area contributed by atoms with Gasteiger partial charge >= 0.3 is 0 Å². The van der Waals surface area contributed by atoms with Crippen molar-refractivity contribution < 1.29 is 19.8 Å². The fourth-order valence-electron chi connectivity index (χ4n) is 4.07. The van der Waals surface area contributed by atoms with Crippen molar-refractivity contribution in [3.63, 3.8) is 0 Å². The third kappa shape index (κ3) is 4.21. The van der Waals surface area contributed by atoms with Crippen LogP contribution in [0.3, 0.4) is 0 Å². The van der Waals surface area contributed by atoms with E-state index in [9.17, 15) is 15.2 Å². The Balaban J connectivity index is 0.000000758. The van der Waals surface area contributed by atoms with Crippen LogP contribution in [0.2, 0.25) is 0 Å². The molecule has 1 aliphatic heterocycles. The summed E-state index contributed by atoms with van der Waals surface area (Å²) in [7, 11) is 3.99. The molecule has 1 amide bonds. The molecule has 4 atom stereocenters. The summed E-state index contributed by atoms with van der Waals surface area (Å²) in [5.74, 6) is 0.732. The minimum atomic E-state index is -0.326. The zero-order chi connectivity index (χ0) is 19.3. The van der Waals surface area contributed by atoms with E-state index in [4.69, 9.17) is 9.90 Å².